The molecule has 1 rings (SSSR count). The minimum atomic E-state index is -4.99. The number of hydrogen-bond acceptors (Lipinski definition) is 4. The number of hydrogen-bond donors (Lipinski definition) is 1. The maximum Gasteiger partial charge on any atom is 0.573 e. The van der Waals surface area contributed by atoms with E-state index in [0.717, 1.165) is 18.6 Å². The molecular formula is C13H17BrF3NO4S. The van der Waals surface area contributed by atoms with Crippen LogP contribution in [0.15, 0.2) is 27.6 Å². The first-order valence-corrected chi connectivity index (χ1v) is 9.06. The van der Waals surface area contributed by atoms with E-state index in [1.54, 1.807) is 0 Å². The van der Waals surface area contributed by atoms with Crippen LogP contribution in [0.3, 0.4) is 0 Å². The van der Waals surface area contributed by atoms with Gasteiger partial charge in [-0.1, -0.05) is 22.9 Å². The Morgan fingerprint density at radius 1 is 1.26 bits per heavy atom. The largest absolute Gasteiger partial charge is 0.573 e. The molecule has 0 atom stereocenters. The summed E-state index contributed by atoms with van der Waals surface area (Å²) in [4.78, 5) is -0.576. The SMILES string of the molecule is CCCOCCCNS(=O)(=O)c1ccc(Br)cc1OC(F)(F)F. The summed E-state index contributed by atoms with van der Waals surface area (Å²) in [6, 6.07) is 3.32. The lowest BCUT2D eigenvalue weighted by molar-refractivity contribution is -0.275. The number of sulfonamides is 1. The van der Waals surface area contributed by atoms with Crippen molar-refractivity contribution in [1.29, 1.82) is 0 Å². The Bertz CT molecular complexity index is 608. The molecule has 0 fully saturated rings. The molecule has 0 heterocycles. The van der Waals surface area contributed by atoms with E-state index < -0.39 is 27.0 Å². The van der Waals surface area contributed by atoms with Crippen molar-refractivity contribution in [2.75, 3.05) is 19.8 Å². The van der Waals surface area contributed by atoms with Gasteiger partial charge in [0.05, 0.1) is 0 Å². The van der Waals surface area contributed by atoms with E-state index in [0.29, 0.717) is 19.6 Å². The molecule has 0 radical (unpaired) electrons. The lowest BCUT2D eigenvalue weighted by Crippen LogP contribution is -2.27. The minimum Gasteiger partial charge on any atom is -0.404 e. The molecule has 0 saturated heterocycles. The highest BCUT2D eigenvalue weighted by Crippen LogP contribution is 2.32. The van der Waals surface area contributed by atoms with Gasteiger partial charge >= 0.3 is 6.36 Å². The number of ether oxygens (including phenoxy) is 2. The molecule has 1 aromatic carbocycles. The Kier molecular flexibility index (Phi) is 7.78. The molecule has 0 aromatic heterocycles. The topological polar surface area (TPSA) is 64.6 Å². The Labute approximate surface area is 141 Å². The molecule has 10 heteroatoms. The Morgan fingerprint density at radius 3 is 2.57 bits per heavy atom. The van der Waals surface area contributed by atoms with Crippen LogP contribution >= 0.6 is 15.9 Å². The van der Waals surface area contributed by atoms with Gasteiger partial charge in [0, 0.05) is 24.2 Å². The number of alkyl halides is 3. The third-order valence-corrected chi connectivity index (χ3v) is 4.52. The second-order valence-corrected chi connectivity index (χ2v) is 7.15. The van der Waals surface area contributed by atoms with E-state index in [4.69, 9.17) is 4.74 Å². The van der Waals surface area contributed by atoms with Crippen LogP contribution in [0, 0.1) is 0 Å². The summed E-state index contributed by atoms with van der Waals surface area (Å²) in [5.74, 6) is -0.790. The van der Waals surface area contributed by atoms with Crippen LogP contribution in [0.1, 0.15) is 19.8 Å². The van der Waals surface area contributed by atoms with Gasteiger partial charge in [-0.25, -0.2) is 13.1 Å². The van der Waals surface area contributed by atoms with Crippen LogP contribution in [0.25, 0.3) is 0 Å². The Morgan fingerprint density at radius 2 is 1.96 bits per heavy atom. The third kappa shape index (κ3) is 7.51. The van der Waals surface area contributed by atoms with Crippen molar-refractivity contribution < 1.29 is 31.1 Å². The predicted molar refractivity (Wildman–Crippen MR) is 81.7 cm³/mol. The van der Waals surface area contributed by atoms with E-state index >= 15 is 0 Å². The quantitative estimate of drug-likeness (QED) is 0.622. The van der Waals surface area contributed by atoms with Crippen molar-refractivity contribution in [3.8, 4) is 5.75 Å². The van der Waals surface area contributed by atoms with Crippen LogP contribution in [0.4, 0.5) is 13.2 Å². The molecule has 0 unspecified atom stereocenters. The summed E-state index contributed by atoms with van der Waals surface area (Å²) in [6.07, 6.45) is -3.73. The van der Waals surface area contributed by atoms with Gasteiger partial charge in [0.1, 0.15) is 4.90 Å². The average Bonchev–Trinajstić information content (AvgIpc) is 2.40. The Hall–Kier alpha value is -0.840. The molecule has 0 aliphatic rings. The third-order valence-electron chi connectivity index (χ3n) is 2.53. The molecule has 0 aliphatic heterocycles. The van der Waals surface area contributed by atoms with Crippen molar-refractivity contribution >= 4 is 26.0 Å². The van der Waals surface area contributed by atoms with E-state index in [2.05, 4.69) is 25.4 Å². The summed E-state index contributed by atoms with van der Waals surface area (Å²) in [5.41, 5.74) is 0. The summed E-state index contributed by atoms with van der Waals surface area (Å²) in [5, 5.41) is 0. The molecular weight excluding hydrogens is 403 g/mol. The fraction of sp³-hybridized carbons (Fsp3) is 0.538. The maximum absolute atomic E-state index is 12.4. The van der Waals surface area contributed by atoms with Crippen molar-refractivity contribution in [3.63, 3.8) is 0 Å². The van der Waals surface area contributed by atoms with E-state index in [1.807, 2.05) is 6.92 Å². The van der Waals surface area contributed by atoms with E-state index in [-0.39, 0.29) is 11.0 Å². The van der Waals surface area contributed by atoms with Gasteiger partial charge in [-0.2, -0.15) is 0 Å². The van der Waals surface area contributed by atoms with Crippen LogP contribution in [-0.2, 0) is 14.8 Å². The second-order valence-electron chi connectivity index (χ2n) is 4.50. The number of benzene rings is 1. The zero-order valence-corrected chi connectivity index (χ0v) is 14.7. The molecule has 1 aromatic rings. The van der Waals surface area contributed by atoms with Crippen molar-refractivity contribution in [2.45, 2.75) is 31.0 Å². The zero-order valence-electron chi connectivity index (χ0n) is 12.3. The van der Waals surface area contributed by atoms with Gasteiger partial charge in [-0.3, -0.25) is 0 Å². The van der Waals surface area contributed by atoms with Crippen molar-refractivity contribution in [3.05, 3.63) is 22.7 Å². The lowest BCUT2D eigenvalue weighted by Gasteiger charge is -2.14. The maximum atomic E-state index is 12.4. The summed E-state index contributed by atoms with van der Waals surface area (Å²) >= 11 is 2.98. The summed E-state index contributed by atoms with van der Waals surface area (Å²) in [6.45, 7) is 2.93. The summed E-state index contributed by atoms with van der Waals surface area (Å²) in [7, 11) is -4.12. The zero-order chi connectivity index (χ0) is 17.5. The van der Waals surface area contributed by atoms with Crippen LogP contribution in [0.5, 0.6) is 5.75 Å². The fourth-order valence-electron chi connectivity index (χ4n) is 1.61. The molecule has 0 aliphatic carbocycles. The number of halogens is 4. The lowest BCUT2D eigenvalue weighted by atomic mass is 10.3. The van der Waals surface area contributed by atoms with E-state index in [9.17, 15) is 21.6 Å². The molecule has 0 saturated carbocycles. The van der Waals surface area contributed by atoms with Crippen LogP contribution in [-0.4, -0.2) is 34.5 Å². The second kappa shape index (κ2) is 8.86. The van der Waals surface area contributed by atoms with E-state index in [1.165, 1.54) is 6.07 Å². The number of rotatable bonds is 9. The van der Waals surface area contributed by atoms with Gasteiger partial charge in [-0.05, 0) is 31.0 Å². The van der Waals surface area contributed by atoms with Crippen LogP contribution in [0.2, 0.25) is 0 Å². The molecule has 0 amide bonds. The molecule has 23 heavy (non-hydrogen) atoms. The highest BCUT2D eigenvalue weighted by molar-refractivity contribution is 9.10. The highest BCUT2D eigenvalue weighted by Gasteiger charge is 2.34. The normalized spacial score (nSPS) is 12.4. The van der Waals surface area contributed by atoms with Crippen molar-refractivity contribution in [2.24, 2.45) is 0 Å². The van der Waals surface area contributed by atoms with Gasteiger partial charge < -0.3 is 9.47 Å². The highest BCUT2D eigenvalue weighted by atomic mass is 79.9. The van der Waals surface area contributed by atoms with Gasteiger partial charge in [0.15, 0.2) is 5.75 Å². The van der Waals surface area contributed by atoms with Crippen LogP contribution < -0.4 is 9.46 Å². The predicted octanol–water partition coefficient (Wildman–Crippen LogP) is 3.44. The molecule has 0 bridgehead atoms. The monoisotopic (exact) mass is 419 g/mol. The van der Waals surface area contributed by atoms with Gasteiger partial charge in [0.2, 0.25) is 10.0 Å². The fourth-order valence-corrected chi connectivity index (χ4v) is 3.13. The first kappa shape index (κ1) is 20.2. The molecule has 0 spiro atoms. The number of nitrogens with one attached hydrogen (secondary N) is 1. The van der Waals surface area contributed by atoms with Crippen molar-refractivity contribution in [1.82, 2.24) is 4.72 Å². The molecule has 5 nitrogen and oxygen atoms in total. The first-order valence-electron chi connectivity index (χ1n) is 6.78. The Balaban J connectivity index is 2.79. The minimum absolute atomic E-state index is 0.0492. The van der Waals surface area contributed by atoms with Gasteiger partial charge in [0.25, 0.3) is 0 Å². The summed E-state index contributed by atoms with van der Waals surface area (Å²) < 4.78 is 72.9. The standard InChI is InChI=1S/C13H17BrF3NO4S/c1-2-7-21-8-3-6-18-23(19,20)12-5-4-10(14)9-11(12)22-13(15,16)17/h4-5,9,18H,2-3,6-8H2,1H3. The van der Waals surface area contributed by atoms with Gasteiger partial charge in [-0.15, -0.1) is 13.2 Å². The molecule has 1 N–H and O–H groups in total. The smallest absolute Gasteiger partial charge is 0.404 e. The average molecular weight is 420 g/mol. The first-order chi connectivity index (χ1) is 10.7. The molecule has 132 valence electrons.